The van der Waals surface area contributed by atoms with Crippen molar-refractivity contribution >= 4 is 21.8 Å². The van der Waals surface area contributed by atoms with Gasteiger partial charge in [0.25, 0.3) is 0 Å². The molecule has 1 aromatic rings. The maximum atomic E-state index is 11.4. The van der Waals surface area contributed by atoms with Crippen molar-refractivity contribution in [1.29, 1.82) is 0 Å². The van der Waals surface area contributed by atoms with Crippen molar-refractivity contribution in [2.45, 2.75) is 34.8 Å². The summed E-state index contributed by atoms with van der Waals surface area (Å²) in [6.07, 6.45) is 0.885. The summed E-state index contributed by atoms with van der Waals surface area (Å²) >= 11 is 1.59. The van der Waals surface area contributed by atoms with E-state index < -0.39 is 10.0 Å². The van der Waals surface area contributed by atoms with Gasteiger partial charge in [0.15, 0.2) is 0 Å². The number of rotatable bonds is 1. The van der Waals surface area contributed by atoms with Gasteiger partial charge in [0.2, 0.25) is 10.0 Å². The second kappa shape index (κ2) is 3.23. The Hall–Kier alpha value is -0.520. The molecule has 1 aromatic carbocycles. The van der Waals surface area contributed by atoms with Gasteiger partial charge in [-0.15, -0.1) is 11.8 Å². The summed E-state index contributed by atoms with van der Waals surface area (Å²) in [5.74, 6) is 0. The number of hydrogen-bond acceptors (Lipinski definition) is 3. The summed E-state index contributed by atoms with van der Waals surface area (Å²) in [5.41, 5.74) is 1.08. The van der Waals surface area contributed by atoms with Gasteiger partial charge < -0.3 is 0 Å². The van der Waals surface area contributed by atoms with Crippen LogP contribution in [0, 0.1) is 0 Å². The van der Waals surface area contributed by atoms with E-state index in [1.807, 2.05) is 6.07 Å². The molecule has 0 saturated heterocycles. The fraction of sp³-hybridized carbons (Fsp3) is 0.400. The number of thioether (sulfide) groups is 1. The number of nitrogens with two attached hydrogens (primary N) is 1. The smallest absolute Gasteiger partial charge is 0.225 e. The van der Waals surface area contributed by atoms with Gasteiger partial charge in [0.1, 0.15) is 0 Å². The van der Waals surface area contributed by atoms with Gasteiger partial charge in [-0.1, -0.05) is 26.0 Å². The first-order valence-corrected chi connectivity index (χ1v) is 7.00. The second-order valence-electron chi connectivity index (χ2n) is 4.33. The first kappa shape index (κ1) is 11.0. The average molecular weight is 243 g/mol. The summed E-state index contributed by atoms with van der Waals surface area (Å²) in [4.78, 5) is 1.08. The Morgan fingerprint density at radius 1 is 1.40 bits per heavy atom. The number of benzene rings is 1. The molecule has 82 valence electrons. The highest BCUT2D eigenvalue weighted by Crippen LogP contribution is 2.47. The lowest BCUT2D eigenvalue weighted by Gasteiger charge is -2.14. The molecule has 0 amide bonds. The van der Waals surface area contributed by atoms with E-state index in [2.05, 4.69) is 13.8 Å². The van der Waals surface area contributed by atoms with Gasteiger partial charge in [0, 0.05) is 9.64 Å². The molecule has 3 nitrogen and oxygen atoms in total. The lowest BCUT2D eigenvalue weighted by molar-refractivity contribution is 0.595. The minimum Gasteiger partial charge on any atom is -0.225 e. The summed E-state index contributed by atoms with van der Waals surface area (Å²) in [6.45, 7) is 4.20. The molecule has 0 fully saturated rings. The van der Waals surface area contributed by atoms with Crippen molar-refractivity contribution < 1.29 is 8.42 Å². The Bertz CT molecular complexity index is 506. The van der Waals surface area contributed by atoms with E-state index in [4.69, 9.17) is 5.14 Å². The van der Waals surface area contributed by atoms with Crippen LogP contribution in [0.2, 0.25) is 0 Å². The maximum absolute atomic E-state index is 11.4. The third-order valence-corrected chi connectivity index (χ3v) is 4.83. The molecule has 0 unspecified atom stereocenters. The van der Waals surface area contributed by atoms with Gasteiger partial charge in [-0.3, -0.25) is 0 Å². The van der Waals surface area contributed by atoms with Crippen LogP contribution in [0.5, 0.6) is 0 Å². The zero-order chi connectivity index (χ0) is 11.3. The fourth-order valence-corrected chi connectivity index (χ4v) is 4.16. The molecule has 0 atom stereocenters. The monoisotopic (exact) mass is 243 g/mol. The van der Waals surface area contributed by atoms with Crippen LogP contribution in [0.25, 0.3) is 0 Å². The molecule has 15 heavy (non-hydrogen) atoms. The predicted molar refractivity (Wildman–Crippen MR) is 61.5 cm³/mol. The lowest BCUT2D eigenvalue weighted by Crippen LogP contribution is -2.13. The van der Waals surface area contributed by atoms with Crippen molar-refractivity contribution in [3.63, 3.8) is 0 Å². The van der Waals surface area contributed by atoms with Gasteiger partial charge in [-0.05, 0) is 18.1 Å². The van der Waals surface area contributed by atoms with E-state index in [-0.39, 0.29) is 9.64 Å². The SMILES string of the molecule is CC1(C)Cc2cccc(S(N)(=O)=O)c2S1. The normalized spacial score (nSPS) is 18.9. The Labute approximate surface area is 94.1 Å². The highest BCUT2D eigenvalue weighted by molar-refractivity contribution is 8.01. The number of hydrogen-bond donors (Lipinski definition) is 1. The zero-order valence-corrected chi connectivity index (χ0v) is 10.3. The van der Waals surface area contributed by atoms with Crippen LogP contribution < -0.4 is 5.14 Å². The van der Waals surface area contributed by atoms with Gasteiger partial charge in [0.05, 0.1) is 4.90 Å². The number of fused-ring (bicyclic) bond motifs is 1. The molecule has 0 radical (unpaired) electrons. The third-order valence-electron chi connectivity index (χ3n) is 2.36. The summed E-state index contributed by atoms with van der Waals surface area (Å²) < 4.78 is 22.8. The van der Waals surface area contributed by atoms with Crippen molar-refractivity contribution in [3.05, 3.63) is 23.8 Å². The van der Waals surface area contributed by atoms with Crippen molar-refractivity contribution in [2.75, 3.05) is 0 Å². The van der Waals surface area contributed by atoms with Crippen LogP contribution in [-0.4, -0.2) is 13.2 Å². The van der Waals surface area contributed by atoms with Crippen molar-refractivity contribution in [1.82, 2.24) is 0 Å². The topological polar surface area (TPSA) is 60.2 Å². The molecule has 1 aliphatic rings. The minimum atomic E-state index is -3.60. The highest BCUT2D eigenvalue weighted by atomic mass is 32.2. The van der Waals surface area contributed by atoms with Crippen LogP contribution in [0.3, 0.4) is 0 Å². The second-order valence-corrected chi connectivity index (χ2v) is 7.58. The van der Waals surface area contributed by atoms with E-state index in [0.29, 0.717) is 0 Å². The molecule has 0 bridgehead atoms. The average Bonchev–Trinajstić information content (AvgIpc) is 2.35. The molecule has 2 N–H and O–H groups in total. The molecule has 0 saturated carbocycles. The largest absolute Gasteiger partial charge is 0.239 e. The first-order chi connectivity index (χ1) is 6.80. The number of primary sulfonamides is 1. The Morgan fingerprint density at radius 3 is 2.67 bits per heavy atom. The molecule has 0 aliphatic carbocycles. The Balaban J connectivity index is 2.61. The Morgan fingerprint density at radius 2 is 2.07 bits per heavy atom. The summed E-state index contributed by atoms with van der Waals surface area (Å²) in [6, 6.07) is 5.29. The quantitative estimate of drug-likeness (QED) is 0.817. The predicted octanol–water partition coefficient (Wildman–Crippen LogP) is 1.76. The van der Waals surface area contributed by atoms with E-state index >= 15 is 0 Å². The summed E-state index contributed by atoms with van der Waals surface area (Å²) in [7, 11) is -3.60. The molecular weight excluding hydrogens is 230 g/mol. The molecule has 2 rings (SSSR count). The van der Waals surface area contributed by atoms with Crippen molar-refractivity contribution in [3.8, 4) is 0 Å². The molecule has 1 aliphatic heterocycles. The molecule has 0 aromatic heterocycles. The van der Waals surface area contributed by atoms with Gasteiger partial charge in [-0.2, -0.15) is 0 Å². The van der Waals surface area contributed by atoms with Crippen LogP contribution in [-0.2, 0) is 16.4 Å². The van der Waals surface area contributed by atoms with E-state index in [9.17, 15) is 8.42 Å². The van der Waals surface area contributed by atoms with Gasteiger partial charge >= 0.3 is 0 Å². The van der Waals surface area contributed by atoms with E-state index in [0.717, 1.165) is 16.9 Å². The van der Waals surface area contributed by atoms with Crippen LogP contribution in [0.1, 0.15) is 19.4 Å². The fourth-order valence-electron chi connectivity index (χ4n) is 1.81. The van der Waals surface area contributed by atoms with Crippen LogP contribution >= 0.6 is 11.8 Å². The minimum absolute atomic E-state index is 0.0587. The Kier molecular flexibility index (Phi) is 2.37. The highest BCUT2D eigenvalue weighted by Gasteiger charge is 2.32. The van der Waals surface area contributed by atoms with Crippen LogP contribution in [0.4, 0.5) is 0 Å². The molecule has 0 spiro atoms. The zero-order valence-electron chi connectivity index (χ0n) is 8.65. The third kappa shape index (κ3) is 2.04. The molecule has 5 heteroatoms. The van der Waals surface area contributed by atoms with Crippen LogP contribution in [0.15, 0.2) is 28.0 Å². The van der Waals surface area contributed by atoms with Crippen molar-refractivity contribution in [2.24, 2.45) is 5.14 Å². The van der Waals surface area contributed by atoms with E-state index in [1.54, 1.807) is 23.9 Å². The lowest BCUT2D eigenvalue weighted by atomic mass is 10.0. The number of sulfonamides is 1. The maximum Gasteiger partial charge on any atom is 0.239 e. The standard InChI is InChI=1S/C10H13NO2S2/c1-10(2)6-7-4-3-5-8(9(7)14-10)15(11,12)13/h3-5H,6H2,1-2H3,(H2,11,12,13). The van der Waals surface area contributed by atoms with Gasteiger partial charge in [-0.25, -0.2) is 13.6 Å². The first-order valence-electron chi connectivity index (χ1n) is 4.63. The summed E-state index contributed by atoms with van der Waals surface area (Å²) in [5, 5.41) is 5.18. The molecular formula is C10H13NO2S2. The van der Waals surface area contributed by atoms with E-state index in [1.165, 1.54) is 0 Å². The molecule has 1 heterocycles.